The number of aliphatic imine (C=N–C) groups is 1. The van der Waals surface area contributed by atoms with E-state index in [1.54, 1.807) is 0 Å². The normalized spacial score (nSPS) is 8.00. The molecule has 0 fully saturated rings. The van der Waals surface area contributed by atoms with Crippen LogP contribution < -0.4 is 0 Å². The van der Waals surface area contributed by atoms with Gasteiger partial charge in [-0.3, -0.25) is 0 Å². The van der Waals surface area contributed by atoms with Crippen LogP contribution in [-0.4, -0.2) is 5.71 Å². The zero-order chi connectivity index (χ0) is 5.86. The van der Waals surface area contributed by atoms with Crippen molar-refractivity contribution >= 4 is 5.71 Å². The lowest BCUT2D eigenvalue weighted by atomic mass is 10.4. The maximum absolute atomic E-state index is 4.11. The molecule has 0 aromatic rings. The zero-order valence-electron chi connectivity index (χ0n) is 5.45. The number of rotatable bonds is 1. The molecule has 1 nitrogen and oxygen atoms in total. The van der Waals surface area contributed by atoms with E-state index in [4.69, 9.17) is 0 Å². The van der Waals surface area contributed by atoms with Gasteiger partial charge in [-0.2, -0.15) is 0 Å². The summed E-state index contributed by atoms with van der Waals surface area (Å²) in [6.45, 7) is 7.97. The topological polar surface area (TPSA) is 12.4 Å². The minimum Gasteiger partial charge on any atom is -0.452 e. The van der Waals surface area contributed by atoms with Gasteiger partial charge in [0.05, 0.1) is 0 Å². The summed E-state index contributed by atoms with van der Waals surface area (Å²) in [6, 6.07) is 1.12. The Kier molecular flexibility index (Phi) is 2.49. The van der Waals surface area contributed by atoms with Crippen LogP contribution in [0.25, 0.3) is 0 Å². The Morgan fingerprint density at radius 3 is 1.71 bits per heavy atom. The molecule has 0 aromatic heterocycles. The van der Waals surface area contributed by atoms with E-state index in [1.807, 2.05) is 27.7 Å². The first-order valence-corrected chi connectivity index (χ1v) is 2.45. The molecule has 42 valence electrons. The van der Waals surface area contributed by atoms with E-state index in [1.165, 1.54) is 0 Å². The van der Waals surface area contributed by atoms with Gasteiger partial charge in [-0.15, -0.1) is 11.8 Å². The molecule has 0 saturated heterocycles. The molecule has 0 atom stereocenters. The van der Waals surface area contributed by atoms with Crippen molar-refractivity contribution in [3.05, 3.63) is 6.04 Å². The van der Waals surface area contributed by atoms with Crippen LogP contribution in [0.2, 0.25) is 0 Å². The summed E-state index contributed by atoms with van der Waals surface area (Å²) in [5.41, 5.74) is 1.12. The third-order valence-corrected chi connectivity index (χ3v) is 0.447. The van der Waals surface area contributed by atoms with E-state index < -0.39 is 0 Å². The van der Waals surface area contributed by atoms with Gasteiger partial charge in [-0.1, -0.05) is 27.7 Å². The second-order valence-corrected chi connectivity index (χ2v) is 2.01. The second-order valence-electron chi connectivity index (χ2n) is 2.01. The van der Waals surface area contributed by atoms with E-state index in [-0.39, 0.29) is 0 Å². The molecular formula is C6H12N-. The minimum absolute atomic E-state index is 1.12. The fraction of sp³-hybridized carbons (Fsp3) is 0.667. The third-order valence-electron chi connectivity index (χ3n) is 0.447. The Labute approximate surface area is 45.5 Å². The highest BCUT2D eigenvalue weighted by atomic mass is 14.8. The molecule has 0 aliphatic rings. The predicted molar refractivity (Wildman–Crippen MR) is 33.4 cm³/mol. The molecule has 0 unspecified atom stereocenters. The van der Waals surface area contributed by atoms with Gasteiger partial charge in [0.2, 0.25) is 0 Å². The predicted octanol–water partition coefficient (Wildman–Crippen LogP) is 2.04. The molecule has 0 radical (unpaired) electrons. The highest BCUT2D eigenvalue weighted by Crippen LogP contribution is 1.95. The van der Waals surface area contributed by atoms with Gasteiger partial charge in [0.15, 0.2) is 0 Å². The van der Waals surface area contributed by atoms with Crippen LogP contribution >= 0.6 is 0 Å². The number of hydrogen-bond donors (Lipinski definition) is 0. The highest BCUT2D eigenvalue weighted by Gasteiger charge is 1.69. The van der Waals surface area contributed by atoms with Crippen molar-refractivity contribution in [3.63, 3.8) is 0 Å². The smallest absolute Gasteiger partial charge is 0.0949 e. The van der Waals surface area contributed by atoms with Crippen LogP contribution in [0.15, 0.2) is 4.99 Å². The maximum atomic E-state index is 4.11. The first kappa shape index (κ1) is 6.54. The molecule has 0 aliphatic carbocycles. The molecule has 0 N–H and O–H groups in total. The lowest BCUT2D eigenvalue weighted by molar-refractivity contribution is 1.04. The molecule has 0 aliphatic heterocycles. The van der Waals surface area contributed by atoms with Gasteiger partial charge in [0.1, 0.15) is 0 Å². The van der Waals surface area contributed by atoms with Crippen molar-refractivity contribution in [1.29, 1.82) is 0 Å². The van der Waals surface area contributed by atoms with Crippen LogP contribution in [0.3, 0.4) is 0 Å². The van der Waals surface area contributed by atoms with Crippen molar-refractivity contribution in [2.24, 2.45) is 4.99 Å². The summed E-state index contributed by atoms with van der Waals surface area (Å²) in [6.07, 6.45) is 0. The Bertz CT molecular complexity index is 68.2. The molecule has 0 aromatic carbocycles. The van der Waals surface area contributed by atoms with Crippen LogP contribution in [0.5, 0.6) is 0 Å². The Morgan fingerprint density at radius 1 is 1.29 bits per heavy atom. The van der Waals surface area contributed by atoms with E-state index in [2.05, 4.69) is 4.99 Å². The van der Waals surface area contributed by atoms with E-state index in [0.29, 0.717) is 0 Å². The molecule has 0 rings (SSSR count). The van der Waals surface area contributed by atoms with E-state index in [0.717, 1.165) is 11.8 Å². The lowest BCUT2D eigenvalue weighted by Crippen LogP contribution is -1.83. The third kappa shape index (κ3) is 5.54. The SMILES string of the molecule is CC(C)=N[C-](C)C. The highest BCUT2D eigenvalue weighted by molar-refractivity contribution is 5.79. The Morgan fingerprint density at radius 2 is 1.71 bits per heavy atom. The monoisotopic (exact) mass is 98.1 g/mol. The molecule has 0 bridgehead atoms. The van der Waals surface area contributed by atoms with Crippen LogP contribution in [0.1, 0.15) is 27.7 Å². The van der Waals surface area contributed by atoms with Gasteiger partial charge in [-0.25, -0.2) is 0 Å². The molecule has 0 amide bonds. The lowest BCUT2D eigenvalue weighted by Gasteiger charge is -2.07. The second kappa shape index (κ2) is 2.67. The van der Waals surface area contributed by atoms with Gasteiger partial charge >= 0.3 is 0 Å². The van der Waals surface area contributed by atoms with Crippen molar-refractivity contribution < 1.29 is 0 Å². The van der Waals surface area contributed by atoms with Gasteiger partial charge in [0.25, 0.3) is 0 Å². The number of hydrogen-bond acceptors (Lipinski definition) is 1. The largest absolute Gasteiger partial charge is 0.452 e. The van der Waals surface area contributed by atoms with Gasteiger partial charge in [0, 0.05) is 0 Å². The van der Waals surface area contributed by atoms with E-state index >= 15 is 0 Å². The zero-order valence-corrected chi connectivity index (χ0v) is 5.45. The first-order valence-electron chi connectivity index (χ1n) is 2.45. The minimum atomic E-state index is 1.12. The van der Waals surface area contributed by atoms with Crippen molar-refractivity contribution in [2.45, 2.75) is 27.7 Å². The summed E-state index contributed by atoms with van der Waals surface area (Å²) in [4.78, 5) is 4.11. The molecule has 1 heteroatoms. The van der Waals surface area contributed by atoms with Crippen molar-refractivity contribution in [2.75, 3.05) is 0 Å². The number of nitrogens with zero attached hydrogens (tertiary/aromatic N) is 1. The molecular weight excluding hydrogens is 86.1 g/mol. The van der Waals surface area contributed by atoms with Crippen LogP contribution in [0.4, 0.5) is 0 Å². The Balaban J connectivity index is 3.45. The molecule has 0 spiro atoms. The fourth-order valence-corrected chi connectivity index (χ4v) is 0.447. The van der Waals surface area contributed by atoms with E-state index in [9.17, 15) is 0 Å². The quantitative estimate of drug-likeness (QED) is 0.351. The molecule has 7 heavy (non-hydrogen) atoms. The van der Waals surface area contributed by atoms with Gasteiger partial charge < -0.3 is 4.99 Å². The first-order chi connectivity index (χ1) is 3.13. The summed E-state index contributed by atoms with van der Waals surface area (Å²) >= 11 is 0. The van der Waals surface area contributed by atoms with Crippen molar-refractivity contribution in [1.82, 2.24) is 0 Å². The standard InChI is InChI=1S/C6H12N/c1-5(2)7-6(3)4/h1-4H3/q-1. The molecule has 0 saturated carbocycles. The molecule has 0 heterocycles. The van der Waals surface area contributed by atoms with Crippen LogP contribution in [-0.2, 0) is 0 Å². The summed E-state index contributed by atoms with van der Waals surface area (Å²) in [5, 5.41) is 0. The Hall–Kier alpha value is -0.460. The van der Waals surface area contributed by atoms with Gasteiger partial charge in [-0.05, 0) is 0 Å². The summed E-state index contributed by atoms with van der Waals surface area (Å²) < 4.78 is 0. The summed E-state index contributed by atoms with van der Waals surface area (Å²) in [5.74, 6) is 0. The fourth-order valence-electron chi connectivity index (χ4n) is 0.447. The van der Waals surface area contributed by atoms with Crippen molar-refractivity contribution in [3.8, 4) is 0 Å². The maximum Gasteiger partial charge on any atom is -0.0949 e. The van der Waals surface area contributed by atoms with Crippen LogP contribution in [0, 0.1) is 6.04 Å². The average Bonchev–Trinajstić information content (AvgIpc) is 1.27. The average molecular weight is 98.2 g/mol. The summed E-state index contributed by atoms with van der Waals surface area (Å²) in [7, 11) is 0.